The van der Waals surface area contributed by atoms with Crippen molar-refractivity contribution in [2.75, 3.05) is 39.1 Å². The SMILES string of the molecule is COc1ccc(CNc2ccc(NCc3ccc(OC)cc3OC)cc2)c(OC)c1. The molecule has 3 aromatic carbocycles. The maximum absolute atomic E-state index is 5.45. The van der Waals surface area contributed by atoms with Crippen molar-refractivity contribution in [1.29, 1.82) is 0 Å². The number of ether oxygens (including phenoxy) is 4. The number of anilines is 2. The van der Waals surface area contributed by atoms with Crippen LogP contribution >= 0.6 is 0 Å². The second-order valence-electron chi connectivity index (χ2n) is 6.64. The van der Waals surface area contributed by atoms with Crippen molar-refractivity contribution in [1.82, 2.24) is 0 Å². The molecule has 0 bridgehead atoms. The molecule has 158 valence electrons. The Labute approximate surface area is 177 Å². The Morgan fingerprint density at radius 3 is 1.27 bits per heavy atom. The molecule has 0 spiro atoms. The molecule has 0 saturated heterocycles. The molecular formula is C24H28N2O4. The zero-order valence-corrected chi connectivity index (χ0v) is 17.8. The highest BCUT2D eigenvalue weighted by molar-refractivity contribution is 5.55. The molecule has 2 N–H and O–H groups in total. The van der Waals surface area contributed by atoms with Crippen LogP contribution in [0.25, 0.3) is 0 Å². The molecule has 30 heavy (non-hydrogen) atoms. The Hall–Kier alpha value is -3.54. The van der Waals surface area contributed by atoms with E-state index in [-0.39, 0.29) is 0 Å². The molecule has 0 aromatic heterocycles. The molecule has 0 amide bonds. The van der Waals surface area contributed by atoms with Crippen LogP contribution < -0.4 is 29.6 Å². The fourth-order valence-electron chi connectivity index (χ4n) is 3.10. The Morgan fingerprint density at radius 1 is 0.533 bits per heavy atom. The highest BCUT2D eigenvalue weighted by atomic mass is 16.5. The van der Waals surface area contributed by atoms with Gasteiger partial charge in [-0.1, -0.05) is 0 Å². The van der Waals surface area contributed by atoms with Gasteiger partial charge in [0.05, 0.1) is 28.4 Å². The second kappa shape index (κ2) is 10.3. The summed E-state index contributed by atoms with van der Waals surface area (Å²) in [7, 11) is 6.62. The molecule has 0 fully saturated rings. The van der Waals surface area contributed by atoms with Crippen LogP contribution in [0.3, 0.4) is 0 Å². The molecule has 0 aliphatic heterocycles. The summed E-state index contributed by atoms with van der Waals surface area (Å²) in [6, 6.07) is 19.8. The lowest BCUT2D eigenvalue weighted by atomic mass is 10.1. The molecule has 0 aliphatic rings. The molecule has 0 heterocycles. The summed E-state index contributed by atoms with van der Waals surface area (Å²) in [5.41, 5.74) is 4.18. The van der Waals surface area contributed by atoms with Crippen molar-refractivity contribution >= 4 is 11.4 Å². The maximum atomic E-state index is 5.45. The molecule has 6 heteroatoms. The number of rotatable bonds is 10. The first kappa shape index (κ1) is 21.2. The largest absolute Gasteiger partial charge is 0.497 e. The van der Waals surface area contributed by atoms with E-state index in [1.807, 2.05) is 60.7 Å². The summed E-state index contributed by atoms with van der Waals surface area (Å²) < 4.78 is 21.4. The molecule has 0 unspecified atom stereocenters. The van der Waals surface area contributed by atoms with E-state index in [0.717, 1.165) is 45.5 Å². The van der Waals surface area contributed by atoms with Gasteiger partial charge in [0.2, 0.25) is 0 Å². The number of hydrogen-bond acceptors (Lipinski definition) is 6. The Balaban J connectivity index is 1.58. The average molecular weight is 408 g/mol. The van der Waals surface area contributed by atoms with Gasteiger partial charge in [-0.2, -0.15) is 0 Å². The zero-order chi connectivity index (χ0) is 21.3. The third kappa shape index (κ3) is 5.29. The van der Waals surface area contributed by atoms with Crippen molar-refractivity contribution in [3.05, 3.63) is 71.8 Å². The highest BCUT2D eigenvalue weighted by Crippen LogP contribution is 2.27. The minimum absolute atomic E-state index is 0.656. The minimum Gasteiger partial charge on any atom is -0.497 e. The number of nitrogens with one attached hydrogen (secondary N) is 2. The Bertz CT molecular complexity index is 879. The summed E-state index contributed by atoms with van der Waals surface area (Å²) in [6.07, 6.45) is 0. The van der Waals surface area contributed by atoms with E-state index < -0.39 is 0 Å². The van der Waals surface area contributed by atoms with Crippen molar-refractivity contribution in [2.24, 2.45) is 0 Å². The van der Waals surface area contributed by atoms with Gasteiger partial charge >= 0.3 is 0 Å². The standard InChI is InChI=1S/C24H28N2O4/c1-27-21-11-5-17(23(13-21)29-3)15-25-19-7-9-20(10-8-19)26-16-18-6-12-22(28-2)14-24(18)30-4/h5-14,25-26H,15-16H2,1-4H3. The van der Waals surface area contributed by atoms with E-state index in [0.29, 0.717) is 13.1 Å². The molecule has 0 aliphatic carbocycles. The van der Waals surface area contributed by atoms with Crippen LogP contribution in [0.2, 0.25) is 0 Å². The normalized spacial score (nSPS) is 10.3. The average Bonchev–Trinajstić information content (AvgIpc) is 2.81. The van der Waals surface area contributed by atoms with Crippen LogP contribution in [0.4, 0.5) is 11.4 Å². The van der Waals surface area contributed by atoms with Gasteiger partial charge in [-0.05, 0) is 48.5 Å². The second-order valence-corrected chi connectivity index (χ2v) is 6.64. The maximum Gasteiger partial charge on any atom is 0.127 e. The van der Waals surface area contributed by atoms with Crippen molar-refractivity contribution in [3.63, 3.8) is 0 Å². The molecule has 3 rings (SSSR count). The fraction of sp³-hybridized carbons (Fsp3) is 0.250. The first-order chi connectivity index (χ1) is 14.7. The quantitative estimate of drug-likeness (QED) is 0.495. The molecule has 0 radical (unpaired) electrons. The predicted molar refractivity (Wildman–Crippen MR) is 120 cm³/mol. The first-order valence-electron chi connectivity index (χ1n) is 9.66. The summed E-state index contributed by atoms with van der Waals surface area (Å²) >= 11 is 0. The summed E-state index contributed by atoms with van der Waals surface area (Å²) in [4.78, 5) is 0. The van der Waals surface area contributed by atoms with E-state index in [2.05, 4.69) is 10.6 Å². The van der Waals surface area contributed by atoms with Crippen molar-refractivity contribution in [2.45, 2.75) is 13.1 Å². The molecule has 0 atom stereocenters. The van der Waals surface area contributed by atoms with E-state index in [9.17, 15) is 0 Å². The zero-order valence-electron chi connectivity index (χ0n) is 17.8. The van der Waals surface area contributed by atoms with Crippen LogP contribution in [-0.2, 0) is 13.1 Å². The van der Waals surface area contributed by atoms with Gasteiger partial charge in [0.1, 0.15) is 23.0 Å². The summed E-state index contributed by atoms with van der Waals surface area (Å²) in [6.45, 7) is 1.31. The van der Waals surface area contributed by atoms with E-state index >= 15 is 0 Å². The Kier molecular flexibility index (Phi) is 7.27. The first-order valence-corrected chi connectivity index (χ1v) is 9.66. The minimum atomic E-state index is 0.656. The lowest BCUT2D eigenvalue weighted by Crippen LogP contribution is -2.03. The van der Waals surface area contributed by atoms with E-state index in [4.69, 9.17) is 18.9 Å². The van der Waals surface area contributed by atoms with Gasteiger partial charge in [-0.15, -0.1) is 0 Å². The van der Waals surface area contributed by atoms with Crippen LogP contribution in [-0.4, -0.2) is 28.4 Å². The third-order valence-corrected chi connectivity index (χ3v) is 4.84. The van der Waals surface area contributed by atoms with Crippen LogP contribution in [0.1, 0.15) is 11.1 Å². The lowest BCUT2D eigenvalue weighted by Gasteiger charge is -2.14. The van der Waals surface area contributed by atoms with Gasteiger partial charge in [-0.25, -0.2) is 0 Å². The van der Waals surface area contributed by atoms with Crippen LogP contribution in [0, 0.1) is 0 Å². The predicted octanol–water partition coefficient (Wildman–Crippen LogP) is 4.95. The molecule has 0 saturated carbocycles. The number of hydrogen-bond donors (Lipinski definition) is 2. The topological polar surface area (TPSA) is 61.0 Å². The van der Waals surface area contributed by atoms with Gasteiger partial charge in [0.25, 0.3) is 0 Å². The summed E-state index contributed by atoms with van der Waals surface area (Å²) in [5, 5.41) is 6.85. The Morgan fingerprint density at radius 2 is 0.933 bits per heavy atom. The fourth-order valence-corrected chi connectivity index (χ4v) is 3.10. The van der Waals surface area contributed by atoms with Gasteiger partial charge in [0, 0.05) is 47.7 Å². The van der Waals surface area contributed by atoms with E-state index in [1.165, 1.54) is 0 Å². The molecule has 3 aromatic rings. The van der Waals surface area contributed by atoms with E-state index in [1.54, 1.807) is 28.4 Å². The van der Waals surface area contributed by atoms with Crippen molar-refractivity contribution in [3.8, 4) is 23.0 Å². The van der Waals surface area contributed by atoms with Crippen LogP contribution in [0.5, 0.6) is 23.0 Å². The summed E-state index contributed by atoms with van der Waals surface area (Å²) in [5.74, 6) is 3.15. The van der Waals surface area contributed by atoms with Crippen LogP contribution in [0.15, 0.2) is 60.7 Å². The lowest BCUT2D eigenvalue weighted by molar-refractivity contribution is 0.391. The monoisotopic (exact) mass is 408 g/mol. The number of benzene rings is 3. The van der Waals surface area contributed by atoms with Crippen molar-refractivity contribution < 1.29 is 18.9 Å². The van der Waals surface area contributed by atoms with Gasteiger partial charge < -0.3 is 29.6 Å². The molecule has 6 nitrogen and oxygen atoms in total. The number of methoxy groups -OCH3 is 4. The van der Waals surface area contributed by atoms with Gasteiger partial charge in [-0.3, -0.25) is 0 Å². The molecular weight excluding hydrogens is 380 g/mol. The van der Waals surface area contributed by atoms with Gasteiger partial charge in [0.15, 0.2) is 0 Å². The smallest absolute Gasteiger partial charge is 0.127 e. The highest BCUT2D eigenvalue weighted by Gasteiger charge is 2.06. The third-order valence-electron chi connectivity index (χ3n) is 4.84.